The Bertz CT molecular complexity index is 885. The number of carboxylic acid groups (broad SMARTS) is 1. The molecule has 0 saturated carbocycles. The van der Waals surface area contributed by atoms with Crippen LogP contribution in [-0.4, -0.2) is 75.5 Å². The van der Waals surface area contributed by atoms with Gasteiger partial charge < -0.3 is 28.6 Å². The average Bonchev–Trinajstić information content (AvgIpc) is 3.11. The number of quaternary nitrogens is 1. The molecule has 0 aromatic rings. The highest BCUT2D eigenvalue weighted by molar-refractivity contribution is 5.70. The van der Waals surface area contributed by atoms with Crippen LogP contribution in [0.15, 0.2) is 12.2 Å². The number of carbonyl (C=O) groups excluding carboxylic acids is 3. The van der Waals surface area contributed by atoms with E-state index in [0.29, 0.717) is 12.8 Å². The molecule has 8 heteroatoms. The van der Waals surface area contributed by atoms with Crippen LogP contribution in [0, 0.1) is 0 Å². The smallest absolute Gasteiger partial charge is 0.306 e. The first kappa shape index (κ1) is 51.1. The van der Waals surface area contributed by atoms with Gasteiger partial charge in [0, 0.05) is 19.3 Å². The van der Waals surface area contributed by atoms with E-state index >= 15 is 0 Å². The van der Waals surface area contributed by atoms with E-state index in [4.69, 9.17) is 14.2 Å². The number of hydrogen-bond acceptors (Lipinski definition) is 7. The molecule has 0 bridgehead atoms. The minimum Gasteiger partial charge on any atom is -0.544 e. The van der Waals surface area contributed by atoms with E-state index in [2.05, 4.69) is 19.9 Å². The second-order valence-electron chi connectivity index (χ2n) is 16.3. The Hall–Kier alpha value is -1.93. The Morgan fingerprint density at radius 1 is 0.547 bits per heavy atom. The number of ether oxygens (including phenoxy) is 3. The number of likely N-dealkylation sites (N-methyl/N-ethyl adjacent to an activating group) is 1. The van der Waals surface area contributed by atoms with Crippen LogP contribution in [0.1, 0.15) is 206 Å². The molecule has 2 atom stereocenters. The lowest BCUT2D eigenvalue weighted by Crippen LogP contribution is -2.55. The fourth-order valence-corrected chi connectivity index (χ4v) is 6.68. The van der Waals surface area contributed by atoms with Gasteiger partial charge in [-0.3, -0.25) is 9.59 Å². The van der Waals surface area contributed by atoms with Crippen molar-refractivity contribution in [2.24, 2.45) is 0 Å². The summed E-state index contributed by atoms with van der Waals surface area (Å²) in [5, 5.41) is 11.6. The monoisotopic (exact) mass is 752 g/mol. The number of carbonyl (C=O) groups is 3. The highest BCUT2D eigenvalue weighted by Crippen LogP contribution is 2.16. The number of esters is 2. The van der Waals surface area contributed by atoms with Gasteiger partial charge in [-0.2, -0.15) is 0 Å². The third kappa shape index (κ3) is 35.5. The zero-order valence-electron chi connectivity index (χ0n) is 35.4. The standard InChI is InChI=1S/C45H85NO7/c1-6-8-10-12-14-16-17-18-19-20-21-22-23-24-25-26-27-28-30-31-33-35-43(47)52-40-41(39-51-38-37-42(45(49)50)46(3,4)5)53-44(48)36-34-32-29-15-13-11-9-7-2/h29,32,41-42H,6-28,30-31,33-40H2,1-5H3/b32-29+. The number of nitrogens with zero attached hydrogens (tertiary/aromatic N) is 1. The zero-order chi connectivity index (χ0) is 39.3. The summed E-state index contributed by atoms with van der Waals surface area (Å²) in [5.74, 6) is -1.79. The Kier molecular flexibility index (Phi) is 35.7. The number of hydrogen-bond donors (Lipinski definition) is 0. The molecule has 0 N–H and O–H groups in total. The summed E-state index contributed by atoms with van der Waals surface area (Å²) in [7, 11) is 5.39. The molecule has 0 amide bonds. The molecule has 0 aliphatic rings. The van der Waals surface area contributed by atoms with Crippen LogP contribution in [0.25, 0.3) is 0 Å². The van der Waals surface area contributed by atoms with Crippen molar-refractivity contribution in [3.8, 4) is 0 Å². The van der Waals surface area contributed by atoms with E-state index in [0.717, 1.165) is 32.1 Å². The number of aliphatic carboxylic acids is 1. The van der Waals surface area contributed by atoms with Crippen molar-refractivity contribution in [1.82, 2.24) is 0 Å². The molecule has 8 nitrogen and oxygen atoms in total. The Morgan fingerprint density at radius 3 is 1.43 bits per heavy atom. The third-order valence-corrected chi connectivity index (χ3v) is 10.2. The molecule has 53 heavy (non-hydrogen) atoms. The van der Waals surface area contributed by atoms with Gasteiger partial charge in [-0.15, -0.1) is 0 Å². The van der Waals surface area contributed by atoms with Gasteiger partial charge in [0.2, 0.25) is 0 Å². The molecule has 0 fully saturated rings. The SMILES string of the molecule is CCCCCC/C=C/CCC(=O)OC(COCCC(C(=O)[O-])[N+](C)(C)C)COC(=O)CCCCCCCCCCCCCCCCCCCCCCC. The lowest BCUT2D eigenvalue weighted by molar-refractivity contribution is -0.889. The van der Waals surface area contributed by atoms with Crippen molar-refractivity contribution in [3.63, 3.8) is 0 Å². The molecule has 2 unspecified atom stereocenters. The topological polar surface area (TPSA) is 102 Å². The Morgan fingerprint density at radius 2 is 0.981 bits per heavy atom. The van der Waals surface area contributed by atoms with E-state index in [1.54, 1.807) is 21.1 Å². The van der Waals surface area contributed by atoms with Gasteiger partial charge in [0.05, 0.1) is 40.3 Å². The van der Waals surface area contributed by atoms with Crippen molar-refractivity contribution in [2.75, 3.05) is 41.0 Å². The summed E-state index contributed by atoms with van der Waals surface area (Å²) in [4.78, 5) is 36.6. The molecule has 312 valence electrons. The summed E-state index contributed by atoms with van der Waals surface area (Å²) in [5.41, 5.74) is 0. The molecule has 0 rings (SSSR count). The van der Waals surface area contributed by atoms with E-state index in [1.807, 2.05) is 6.08 Å². The molecule has 0 aliphatic carbocycles. The number of rotatable bonds is 40. The quantitative estimate of drug-likeness (QED) is 0.0266. The van der Waals surface area contributed by atoms with E-state index in [-0.39, 0.29) is 49.1 Å². The number of carboxylic acids is 1. The molecule has 0 aliphatic heterocycles. The maximum Gasteiger partial charge on any atom is 0.306 e. The molecule has 0 spiro atoms. The van der Waals surface area contributed by atoms with Crippen molar-refractivity contribution in [3.05, 3.63) is 12.2 Å². The molecule has 0 radical (unpaired) electrons. The maximum atomic E-state index is 12.6. The van der Waals surface area contributed by atoms with Crippen LogP contribution in [0.2, 0.25) is 0 Å². The Balaban J connectivity index is 4.13. The third-order valence-electron chi connectivity index (χ3n) is 10.2. The summed E-state index contributed by atoms with van der Waals surface area (Å²) in [6.45, 7) is 4.60. The average molecular weight is 752 g/mol. The lowest BCUT2D eigenvalue weighted by atomic mass is 10.0. The maximum absolute atomic E-state index is 12.6. The fraction of sp³-hybridized carbons (Fsp3) is 0.889. The normalized spacial score (nSPS) is 13.0. The van der Waals surface area contributed by atoms with Crippen LogP contribution in [-0.2, 0) is 28.6 Å². The van der Waals surface area contributed by atoms with Gasteiger partial charge in [0.1, 0.15) is 12.6 Å². The summed E-state index contributed by atoms with van der Waals surface area (Å²) in [6, 6.07) is -0.725. The lowest BCUT2D eigenvalue weighted by Gasteiger charge is -2.34. The van der Waals surface area contributed by atoms with Gasteiger partial charge in [-0.25, -0.2) is 0 Å². The zero-order valence-corrected chi connectivity index (χ0v) is 35.4. The van der Waals surface area contributed by atoms with Crippen LogP contribution < -0.4 is 5.11 Å². The number of allylic oxidation sites excluding steroid dienone is 2. The molecule has 0 heterocycles. The highest BCUT2D eigenvalue weighted by Gasteiger charge is 2.25. The first-order valence-electron chi connectivity index (χ1n) is 22.2. The first-order valence-corrected chi connectivity index (χ1v) is 22.2. The van der Waals surface area contributed by atoms with Crippen molar-refractivity contribution in [1.29, 1.82) is 0 Å². The summed E-state index contributed by atoms with van der Waals surface area (Å²) >= 11 is 0. The second-order valence-corrected chi connectivity index (χ2v) is 16.3. The van der Waals surface area contributed by atoms with Crippen LogP contribution >= 0.6 is 0 Å². The van der Waals surface area contributed by atoms with E-state index < -0.39 is 18.1 Å². The predicted octanol–water partition coefficient (Wildman–Crippen LogP) is 10.6. The second kappa shape index (κ2) is 37.0. The molecular weight excluding hydrogens is 666 g/mol. The fourth-order valence-electron chi connectivity index (χ4n) is 6.68. The van der Waals surface area contributed by atoms with Crippen LogP contribution in [0.3, 0.4) is 0 Å². The highest BCUT2D eigenvalue weighted by atomic mass is 16.6. The van der Waals surface area contributed by atoms with Gasteiger partial charge in [-0.1, -0.05) is 174 Å². The Labute approximate surface area is 327 Å². The van der Waals surface area contributed by atoms with E-state index in [1.165, 1.54) is 135 Å². The van der Waals surface area contributed by atoms with Gasteiger partial charge in [0.25, 0.3) is 0 Å². The summed E-state index contributed by atoms with van der Waals surface area (Å²) < 4.78 is 17.1. The minimum atomic E-state index is -1.13. The molecule has 0 aromatic carbocycles. The van der Waals surface area contributed by atoms with Gasteiger partial charge in [0.15, 0.2) is 6.10 Å². The summed E-state index contributed by atoms with van der Waals surface area (Å²) in [6.07, 6.45) is 38.4. The molecule has 0 aromatic heterocycles. The first-order chi connectivity index (χ1) is 25.6. The minimum absolute atomic E-state index is 0.0303. The van der Waals surface area contributed by atoms with Gasteiger partial charge >= 0.3 is 11.9 Å². The van der Waals surface area contributed by atoms with Crippen molar-refractivity contribution in [2.45, 2.75) is 219 Å². The van der Waals surface area contributed by atoms with Crippen molar-refractivity contribution < 1.29 is 38.2 Å². The van der Waals surface area contributed by atoms with Gasteiger partial charge in [-0.05, 0) is 25.7 Å². The van der Waals surface area contributed by atoms with Crippen LogP contribution in [0.4, 0.5) is 0 Å². The number of unbranched alkanes of at least 4 members (excludes halogenated alkanes) is 24. The predicted molar refractivity (Wildman–Crippen MR) is 217 cm³/mol. The van der Waals surface area contributed by atoms with Crippen LogP contribution in [0.5, 0.6) is 0 Å². The molecule has 0 saturated heterocycles. The molecular formula is C45H85NO7. The van der Waals surface area contributed by atoms with Crippen molar-refractivity contribution >= 4 is 17.9 Å². The largest absolute Gasteiger partial charge is 0.544 e. The van der Waals surface area contributed by atoms with E-state index in [9.17, 15) is 19.5 Å².